The Hall–Kier alpha value is -5.45. The van der Waals surface area contributed by atoms with Crippen molar-refractivity contribution in [2.45, 2.75) is 45.1 Å². The Balaban J connectivity index is 1.52. The third-order valence-electron chi connectivity index (χ3n) is 9.22. The molecule has 0 N–H and O–H groups in total. The summed E-state index contributed by atoms with van der Waals surface area (Å²) in [5, 5.41) is 0.280. The predicted molar refractivity (Wildman–Crippen MR) is 184 cm³/mol. The molecule has 250 valence electrons. The van der Waals surface area contributed by atoms with Gasteiger partial charge in [0, 0.05) is 25.8 Å². The fourth-order valence-electron chi connectivity index (χ4n) is 6.92. The van der Waals surface area contributed by atoms with Gasteiger partial charge in [-0.3, -0.25) is 9.78 Å². The van der Waals surface area contributed by atoms with Gasteiger partial charge in [-0.1, -0.05) is 56.8 Å². The molecule has 7 rings (SSSR count). The summed E-state index contributed by atoms with van der Waals surface area (Å²) < 4.78 is 39.4. The van der Waals surface area contributed by atoms with Gasteiger partial charge in [-0.2, -0.15) is 4.98 Å². The second-order valence-corrected chi connectivity index (χ2v) is 12.7. The van der Waals surface area contributed by atoms with Gasteiger partial charge in [-0.25, -0.2) is 23.1 Å². The monoisotopic (exact) mass is 662 g/mol. The van der Waals surface area contributed by atoms with Crippen molar-refractivity contribution in [3.05, 3.63) is 118 Å². The maximum absolute atomic E-state index is 16.5. The van der Waals surface area contributed by atoms with Crippen LogP contribution in [-0.4, -0.2) is 62.6 Å². The molecule has 5 aromatic rings. The predicted octanol–water partition coefficient (Wildman–Crippen LogP) is 6.02. The number of fused-ring (bicyclic) bond motifs is 5. The number of amides is 1. The minimum absolute atomic E-state index is 0.0791. The molecule has 2 aromatic carbocycles. The Morgan fingerprint density at radius 1 is 1.06 bits per heavy atom. The molecule has 0 radical (unpaired) electrons. The number of anilines is 1. The Morgan fingerprint density at radius 3 is 2.65 bits per heavy atom. The van der Waals surface area contributed by atoms with Crippen LogP contribution in [0.5, 0.6) is 5.75 Å². The van der Waals surface area contributed by atoms with E-state index in [2.05, 4.69) is 16.5 Å². The van der Waals surface area contributed by atoms with Crippen LogP contribution in [0.2, 0.25) is 0 Å². The number of aromatic nitrogens is 4. The maximum atomic E-state index is 16.5. The Morgan fingerprint density at radius 2 is 1.88 bits per heavy atom. The summed E-state index contributed by atoms with van der Waals surface area (Å²) in [6.45, 7) is 8.87. The topological polar surface area (TPSA) is 93.5 Å². The standard InChI is InChI=1S/C38H36F2N6O3/c1-4-31(47)44-17-18-45(26(22-44)20-24-10-6-5-7-11-24)36-27-21-29(40)34-32-28(39)13-8-14-30(32)49-19-9-12-25-15-16-41-33(23(2)3)35(25)46(37(27)42-34)38(48)43-36/h4-8,10-11,13-16,21,23,26H,1,9,12,17-20,22H2,2-3H3. The average molecular weight is 663 g/mol. The highest BCUT2D eigenvalue weighted by Gasteiger charge is 2.33. The van der Waals surface area contributed by atoms with Crippen LogP contribution in [0.15, 0.2) is 84.3 Å². The van der Waals surface area contributed by atoms with Gasteiger partial charge in [0.25, 0.3) is 0 Å². The number of aryl methyl sites for hydroxylation is 1. The molecular formula is C38H36F2N6O3. The first-order chi connectivity index (χ1) is 23.7. The minimum atomic E-state index is -0.789. The van der Waals surface area contributed by atoms with E-state index in [1.165, 1.54) is 28.8 Å². The second-order valence-electron chi connectivity index (χ2n) is 12.7. The summed E-state index contributed by atoms with van der Waals surface area (Å²) in [5.74, 6) is -1.35. The smallest absolute Gasteiger partial charge is 0.355 e. The van der Waals surface area contributed by atoms with E-state index in [1.807, 2.05) is 55.1 Å². The second kappa shape index (κ2) is 13.2. The number of ether oxygens (including phenoxy) is 1. The normalized spacial score (nSPS) is 16.1. The Bertz CT molecular complexity index is 2130. The van der Waals surface area contributed by atoms with Crippen LogP contribution >= 0.6 is 0 Å². The van der Waals surface area contributed by atoms with Crippen molar-refractivity contribution >= 4 is 22.8 Å². The lowest BCUT2D eigenvalue weighted by atomic mass is 10.00. The SMILES string of the molecule is C=CC(=O)N1CCN(c2nc(=O)n3c4nc(c(F)cc24)-c2c(F)cccc2OCCCc2ccnc(C(C)C)c2-3)C(Cc2ccccc2)C1. The van der Waals surface area contributed by atoms with Crippen molar-refractivity contribution in [1.82, 2.24) is 24.4 Å². The van der Waals surface area contributed by atoms with Crippen molar-refractivity contribution in [2.24, 2.45) is 0 Å². The van der Waals surface area contributed by atoms with Crippen molar-refractivity contribution in [2.75, 3.05) is 31.1 Å². The fraction of sp³-hybridized carbons (Fsp3) is 0.289. The Labute approximate surface area is 282 Å². The van der Waals surface area contributed by atoms with Gasteiger partial charge in [0.2, 0.25) is 5.91 Å². The van der Waals surface area contributed by atoms with Gasteiger partial charge in [0.1, 0.15) is 23.1 Å². The van der Waals surface area contributed by atoms with E-state index >= 15 is 8.78 Å². The number of carbonyl (C=O) groups is 1. The van der Waals surface area contributed by atoms with Crippen LogP contribution in [0, 0.1) is 11.6 Å². The molecule has 2 aliphatic rings. The number of benzene rings is 2. The summed E-state index contributed by atoms with van der Waals surface area (Å²) >= 11 is 0. The van der Waals surface area contributed by atoms with Crippen molar-refractivity contribution in [1.29, 1.82) is 0 Å². The number of hydrogen-bond donors (Lipinski definition) is 0. The zero-order valence-electron chi connectivity index (χ0n) is 27.4. The van der Waals surface area contributed by atoms with E-state index in [0.717, 1.165) is 11.1 Å². The van der Waals surface area contributed by atoms with Gasteiger partial charge in [0.05, 0.1) is 35.0 Å². The Kier molecular flexibility index (Phi) is 8.66. The fourth-order valence-corrected chi connectivity index (χ4v) is 6.92. The summed E-state index contributed by atoms with van der Waals surface area (Å²) in [5.41, 5.74) is 2.18. The number of hydrogen-bond acceptors (Lipinski definition) is 7. The number of carbonyl (C=O) groups excluding carboxylic acids is 1. The van der Waals surface area contributed by atoms with Crippen molar-refractivity contribution in [3.8, 4) is 22.7 Å². The lowest BCUT2D eigenvalue weighted by molar-refractivity contribution is -0.126. The third kappa shape index (κ3) is 5.94. The summed E-state index contributed by atoms with van der Waals surface area (Å²) in [7, 11) is 0. The van der Waals surface area contributed by atoms with Gasteiger partial charge in [-0.15, -0.1) is 0 Å². The number of halogens is 2. The van der Waals surface area contributed by atoms with E-state index in [1.54, 1.807) is 17.2 Å². The molecule has 1 amide bonds. The molecule has 5 heterocycles. The first-order valence-corrected chi connectivity index (χ1v) is 16.5. The number of nitrogens with zero attached hydrogens (tertiary/aromatic N) is 6. The molecule has 0 aliphatic carbocycles. The van der Waals surface area contributed by atoms with Crippen LogP contribution in [0.1, 0.15) is 43.0 Å². The average Bonchev–Trinajstić information content (AvgIpc) is 3.09. The van der Waals surface area contributed by atoms with E-state index < -0.39 is 17.3 Å². The largest absolute Gasteiger partial charge is 0.493 e. The third-order valence-corrected chi connectivity index (χ3v) is 9.22. The van der Waals surface area contributed by atoms with Crippen LogP contribution in [-0.2, 0) is 17.6 Å². The van der Waals surface area contributed by atoms with Crippen LogP contribution in [0.25, 0.3) is 28.0 Å². The molecule has 2 aliphatic heterocycles. The lowest BCUT2D eigenvalue weighted by Gasteiger charge is -2.42. The first-order valence-electron chi connectivity index (χ1n) is 16.5. The van der Waals surface area contributed by atoms with E-state index in [9.17, 15) is 9.59 Å². The quantitative estimate of drug-likeness (QED) is 0.213. The molecule has 3 aromatic heterocycles. The number of piperazine rings is 1. The molecule has 49 heavy (non-hydrogen) atoms. The highest BCUT2D eigenvalue weighted by Crippen LogP contribution is 2.38. The molecule has 2 bridgehead atoms. The molecule has 1 atom stereocenters. The first kappa shape index (κ1) is 32.1. The molecule has 1 saturated heterocycles. The van der Waals surface area contributed by atoms with Crippen molar-refractivity contribution in [3.63, 3.8) is 0 Å². The van der Waals surface area contributed by atoms with Gasteiger partial charge in [-0.05, 0) is 66.6 Å². The van der Waals surface area contributed by atoms with Gasteiger partial charge >= 0.3 is 5.69 Å². The maximum Gasteiger partial charge on any atom is 0.355 e. The van der Waals surface area contributed by atoms with E-state index in [-0.39, 0.29) is 58.3 Å². The molecule has 0 saturated carbocycles. The molecule has 11 heteroatoms. The highest BCUT2D eigenvalue weighted by molar-refractivity contribution is 5.91. The molecule has 1 fully saturated rings. The zero-order chi connectivity index (χ0) is 34.2. The van der Waals surface area contributed by atoms with Gasteiger partial charge < -0.3 is 14.5 Å². The van der Waals surface area contributed by atoms with Crippen molar-refractivity contribution < 1.29 is 18.3 Å². The molecular weight excluding hydrogens is 626 g/mol. The van der Waals surface area contributed by atoms with Crippen LogP contribution in [0.3, 0.4) is 0 Å². The van der Waals surface area contributed by atoms with Crippen LogP contribution < -0.4 is 15.3 Å². The highest BCUT2D eigenvalue weighted by atomic mass is 19.1. The summed E-state index contributed by atoms with van der Waals surface area (Å²) in [6.07, 6.45) is 4.62. The summed E-state index contributed by atoms with van der Waals surface area (Å²) in [6, 6.07) is 17.0. The van der Waals surface area contributed by atoms with Gasteiger partial charge in [0.15, 0.2) is 11.5 Å². The molecule has 0 spiro atoms. The molecule has 1 unspecified atom stereocenters. The van der Waals surface area contributed by atoms with E-state index in [4.69, 9.17) is 9.72 Å². The molecule has 9 nitrogen and oxygen atoms in total. The van der Waals surface area contributed by atoms with Crippen LogP contribution in [0.4, 0.5) is 14.6 Å². The number of pyridine rings is 2. The minimum Gasteiger partial charge on any atom is -0.493 e. The number of rotatable bonds is 5. The lowest BCUT2D eigenvalue weighted by Crippen LogP contribution is -2.56. The zero-order valence-corrected chi connectivity index (χ0v) is 27.4. The van der Waals surface area contributed by atoms with E-state index in [0.29, 0.717) is 50.3 Å². The summed E-state index contributed by atoms with van der Waals surface area (Å²) in [4.78, 5) is 45.0.